The number of anilines is 1. The zero-order chi connectivity index (χ0) is 14.7. The first kappa shape index (κ1) is 14.3. The van der Waals surface area contributed by atoms with Crippen LogP contribution >= 0.6 is 0 Å². The number of aromatic nitrogens is 2. The summed E-state index contributed by atoms with van der Waals surface area (Å²) < 4.78 is 10.4. The van der Waals surface area contributed by atoms with Crippen molar-refractivity contribution in [2.24, 2.45) is 0 Å². The number of hydrogen-bond donors (Lipinski definition) is 1. The molecule has 3 rings (SSSR count). The Bertz CT molecular complexity index is 456. The minimum Gasteiger partial charge on any atom is -0.481 e. The Morgan fingerprint density at radius 3 is 2.38 bits per heavy atom. The molecule has 0 aliphatic carbocycles. The van der Waals surface area contributed by atoms with Gasteiger partial charge < -0.3 is 19.7 Å². The molecule has 116 valence electrons. The van der Waals surface area contributed by atoms with Gasteiger partial charge in [0.25, 0.3) is 0 Å². The quantitative estimate of drug-likeness (QED) is 0.837. The van der Waals surface area contributed by atoms with Crippen molar-refractivity contribution in [1.29, 1.82) is 0 Å². The lowest BCUT2D eigenvalue weighted by atomic mass is 10.2. The van der Waals surface area contributed by atoms with Gasteiger partial charge in [0.2, 0.25) is 17.7 Å². The maximum atomic E-state index is 5.22. The highest BCUT2D eigenvalue weighted by Gasteiger charge is 2.30. The highest BCUT2D eigenvalue weighted by Crippen LogP contribution is 2.24. The molecular weight excluding hydrogens is 270 g/mol. The molecule has 3 heterocycles. The summed E-state index contributed by atoms with van der Waals surface area (Å²) in [5.74, 6) is 1.79. The fourth-order valence-electron chi connectivity index (χ4n) is 3.01. The van der Waals surface area contributed by atoms with E-state index >= 15 is 0 Å². The normalized spacial score (nSPS) is 23.3. The Morgan fingerprint density at radius 2 is 1.76 bits per heavy atom. The van der Waals surface area contributed by atoms with Crippen LogP contribution in [0.3, 0.4) is 0 Å². The van der Waals surface area contributed by atoms with E-state index in [0.29, 0.717) is 23.8 Å². The van der Waals surface area contributed by atoms with E-state index in [4.69, 9.17) is 9.47 Å². The molecule has 1 unspecified atom stereocenters. The van der Waals surface area contributed by atoms with E-state index in [1.54, 1.807) is 20.3 Å². The van der Waals surface area contributed by atoms with Crippen LogP contribution in [0.1, 0.15) is 6.42 Å². The molecule has 7 heteroatoms. The third-order valence-electron chi connectivity index (χ3n) is 4.20. The van der Waals surface area contributed by atoms with Crippen LogP contribution in [0.4, 0.5) is 5.95 Å². The average Bonchev–Trinajstić information content (AvgIpc) is 3.05. The molecule has 0 saturated carbocycles. The fraction of sp³-hybridized carbons (Fsp3) is 0.714. The molecule has 2 fully saturated rings. The molecular formula is C14H23N5O2. The first-order chi connectivity index (χ1) is 10.3. The van der Waals surface area contributed by atoms with Crippen LogP contribution in [-0.2, 0) is 0 Å². The van der Waals surface area contributed by atoms with E-state index in [1.807, 2.05) is 0 Å². The Labute approximate surface area is 125 Å². The number of ether oxygens (including phenoxy) is 2. The van der Waals surface area contributed by atoms with Gasteiger partial charge in [0.1, 0.15) is 0 Å². The molecule has 7 nitrogen and oxygen atoms in total. The number of methoxy groups -OCH3 is 2. The van der Waals surface area contributed by atoms with Gasteiger partial charge in [0.15, 0.2) is 0 Å². The number of hydrogen-bond acceptors (Lipinski definition) is 7. The van der Waals surface area contributed by atoms with E-state index in [0.717, 1.165) is 45.7 Å². The Kier molecular flexibility index (Phi) is 4.40. The second kappa shape index (κ2) is 6.44. The molecule has 0 aromatic carbocycles. The van der Waals surface area contributed by atoms with E-state index < -0.39 is 0 Å². The van der Waals surface area contributed by atoms with Crippen molar-refractivity contribution in [3.63, 3.8) is 0 Å². The van der Waals surface area contributed by atoms with Gasteiger partial charge in [-0.3, -0.25) is 4.90 Å². The first-order valence-corrected chi connectivity index (χ1v) is 7.47. The summed E-state index contributed by atoms with van der Waals surface area (Å²) in [6, 6.07) is 2.29. The van der Waals surface area contributed by atoms with Crippen LogP contribution in [0, 0.1) is 0 Å². The number of nitrogens with zero attached hydrogens (tertiary/aromatic N) is 4. The van der Waals surface area contributed by atoms with Crippen molar-refractivity contribution in [2.45, 2.75) is 12.5 Å². The predicted molar refractivity (Wildman–Crippen MR) is 80.2 cm³/mol. The van der Waals surface area contributed by atoms with E-state index in [-0.39, 0.29) is 0 Å². The molecule has 0 radical (unpaired) electrons. The molecule has 1 aromatic heterocycles. The van der Waals surface area contributed by atoms with Gasteiger partial charge >= 0.3 is 0 Å². The summed E-state index contributed by atoms with van der Waals surface area (Å²) in [5, 5.41) is 3.40. The van der Waals surface area contributed by atoms with Crippen molar-refractivity contribution in [1.82, 2.24) is 20.2 Å². The number of nitrogens with one attached hydrogen (secondary N) is 1. The molecule has 0 bridgehead atoms. The summed E-state index contributed by atoms with van der Waals surface area (Å²) in [4.78, 5) is 13.7. The summed E-state index contributed by atoms with van der Waals surface area (Å²) in [6.07, 6.45) is 1.16. The molecule has 2 saturated heterocycles. The molecule has 0 spiro atoms. The van der Waals surface area contributed by atoms with Crippen molar-refractivity contribution in [3.05, 3.63) is 6.07 Å². The first-order valence-electron chi connectivity index (χ1n) is 7.47. The van der Waals surface area contributed by atoms with Crippen molar-refractivity contribution in [3.8, 4) is 11.8 Å². The highest BCUT2D eigenvalue weighted by atomic mass is 16.5. The molecule has 1 aromatic rings. The minimum atomic E-state index is 0.544. The van der Waals surface area contributed by atoms with Gasteiger partial charge in [-0.15, -0.1) is 0 Å². The van der Waals surface area contributed by atoms with E-state index in [9.17, 15) is 0 Å². The Balaban J connectivity index is 1.70. The Morgan fingerprint density at radius 1 is 1.10 bits per heavy atom. The van der Waals surface area contributed by atoms with Crippen LogP contribution < -0.4 is 19.7 Å². The zero-order valence-corrected chi connectivity index (χ0v) is 12.7. The van der Waals surface area contributed by atoms with E-state index in [1.165, 1.54) is 0 Å². The van der Waals surface area contributed by atoms with E-state index in [2.05, 4.69) is 25.1 Å². The van der Waals surface area contributed by atoms with Crippen molar-refractivity contribution < 1.29 is 9.47 Å². The molecule has 1 atom stereocenters. The molecule has 21 heavy (non-hydrogen) atoms. The molecule has 2 aliphatic heterocycles. The Hall–Kier alpha value is -1.60. The second-order valence-electron chi connectivity index (χ2n) is 5.43. The lowest BCUT2D eigenvalue weighted by Gasteiger charge is -2.32. The summed E-state index contributed by atoms with van der Waals surface area (Å²) in [6.45, 7) is 6.36. The summed E-state index contributed by atoms with van der Waals surface area (Å²) in [7, 11) is 3.22. The fourth-order valence-corrected chi connectivity index (χ4v) is 3.01. The van der Waals surface area contributed by atoms with Crippen LogP contribution in [0.5, 0.6) is 11.8 Å². The average molecular weight is 293 g/mol. The molecule has 1 N–H and O–H groups in total. The maximum Gasteiger partial charge on any atom is 0.232 e. The topological polar surface area (TPSA) is 62.8 Å². The molecule has 0 amide bonds. The van der Waals surface area contributed by atoms with Crippen molar-refractivity contribution in [2.75, 3.05) is 58.4 Å². The highest BCUT2D eigenvalue weighted by molar-refractivity contribution is 5.38. The van der Waals surface area contributed by atoms with Gasteiger partial charge in [-0.1, -0.05) is 0 Å². The SMILES string of the molecule is COc1cc(OC)nc(N2CCC(N3CCNCC3)C2)n1. The van der Waals surface area contributed by atoms with Crippen molar-refractivity contribution >= 4 is 5.95 Å². The van der Waals surface area contributed by atoms with Crippen LogP contribution in [-0.4, -0.2) is 74.4 Å². The third-order valence-corrected chi connectivity index (χ3v) is 4.20. The monoisotopic (exact) mass is 293 g/mol. The van der Waals surface area contributed by atoms with Gasteiger partial charge in [0, 0.05) is 45.3 Å². The van der Waals surface area contributed by atoms with Gasteiger partial charge in [-0.05, 0) is 6.42 Å². The van der Waals surface area contributed by atoms with Gasteiger partial charge in [-0.25, -0.2) is 0 Å². The zero-order valence-electron chi connectivity index (χ0n) is 12.7. The summed E-state index contributed by atoms with van der Waals surface area (Å²) in [5.41, 5.74) is 0. The van der Waals surface area contributed by atoms with Gasteiger partial charge in [0.05, 0.1) is 20.3 Å². The largest absolute Gasteiger partial charge is 0.481 e. The smallest absolute Gasteiger partial charge is 0.232 e. The van der Waals surface area contributed by atoms with Crippen LogP contribution in [0.2, 0.25) is 0 Å². The predicted octanol–water partition coefficient (Wildman–Crippen LogP) is -0.0223. The summed E-state index contributed by atoms with van der Waals surface area (Å²) >= 11 is 0. The third kappa shape index (κ3) is 3.19. The molecule has 2 aliphatic rings. The van der Waals surface area contributed by atoms with Crippen LogP contribution in [0.25, 0.3) is 0 Å². The second-order valence-corrected chi connectivity index (χ2v) is 5.43. The van der Waals surface area contributed by atoms with Gasteiger partial charge in [-0.2, -0.15) is 9.97 Å². The lowest BCUT2D eigenvalue weighted by Crippen LogP contribution is -2.49. The number of piperazine rings is 1. The maximum absolute atomic E-state index is 5.22. The van der Waals surface area contributed by atoms with Crippen LogP contribution in [0.15, 0.2) is 6.07 Å². The lowest BCUT2D eigenvalue weighted by molar-refractivity contribution is 0.185. The standard InChI is InChI=1S/C14H23N5O2/c1-20-12-9-13(21-2)17-14(16-12)19-6-3-11(10-19)18-7-4-15-5-8-18/h9,11,15H,3-8,10H2,1-2H3. The minimum absolute atomic E-state index is 0.544. The number of rotatable bonds is 4.